The van der Waals surface area contributed by atoms with Crippen molar-refractivity contribution in [1.29, 1.82) is 0 Å². The second-order valence-electron chi connectivity index (χ2n) is 4.74. The third-order valence-electron chi connectivity index (χ3n) is 2.73. The molecular weight excluding hydrogens is 250 g/mol. The molecule has 0 radical (unpaired) electrons. The number of nitrogens with two attached hydrogens (primary N) is 1. The van der Waals surface area contributed by atoms with Gasteiger partial charge in [-0.15, -0.1) is 0 Å². The van der Waals surface area contributed by atoms with Gasteiger partial charge in [0.15, 0.2) is 0 Å². The molecule has 0 spiro atoms. The fourth-order valence-corrected chi connectivity index (χ4v) is 2.83. The van der Waals surface area contributed by atoms with Gasteiger partial charge in [-0.25, -0.2) is 13.6 Å². The van der Waals surface area contributed by atoms with Crippen LogP contribution in [0.15, 0.2) is 18.2 Å². The number of rotatable bonds is 6. The molecule has 0 saturated heterocycles. The summed E-state index contributed by atoms with van der Waals surface area (Å²) in [5.41, 5.74) is 2.26. The van der Waals surface area contributed by atoms with Crippen molar-refractivity contribution in [3.05, 3.63) is 29.3 Å². The Hall–Kier alpha value is -1.07. The van der Waals surface area contributed by atoms with Crippen molar-refractivity contribution < 1.29 is 13.2 Å². The second kappa shape index (κ2) is 6.20. The third kappa shape index (κ3) is 5.51. The Bertz CT molecular complexity index is 477. The maximum Gasteiger partial charge on any atom is 0.209 e. The van der Waals surface area contributed by atoms with Gasteiger partial charge in [-0.2, -0.15) is 0 Å². The largest absolute Gasteiger partial charge is 0.493 e. The van der Waals surface area contributed by atoms with Crippen LogP contribution in [-0.4, -0.2) is 20.8 Å². The number of hydrogen-bond donors (Lipinski definition) is 1. The zero-order valence-electron chi connectivity index (χ0n) is 11.1. The highest BCUT2D eigenvalue weighted by atomic mass is 32.2. The van der Waals surface area contributed by atoms with Crippen LogP contribution in [-0.2, 0) is 10.0 Å². The summed E-state index contributed by atoms with van der Waals surface area (Å²) in [5, 5.41) is 5.05. The predicted octanol–water partition coefficient (Wildman–Crippen LogP) is 2.00. The number of hydrogen-bond acceptors (Lipinski definition) is 3. The van der Waals surface area contributed by atoms with Gasteiger partial charge in [0.2, 0.25) is 10.0 Å². The summed E-state index contributed by atoms with van der Waals surface area (Å²) >= 11 is 0. The summed E-state index contributed by atoms with van der Waals surface area (Å²) in [5.74, 6) is 0.676. The van der Waals surface area contributed by atoms with E-state index in [1.807, 2.05) is 32.9 Å². The molecule has 0 heterocycles. The van der Waals surface area contributed by atoms with Crippen LogP contribution in [0.4, 0.5) is 0 Å². The summed E-state index contributed by atoms with van der Waals surface area (Å²) in [6.45, 7) is 6.31. The minimum atomic E-state index is -3.44. The van der Waals surface area contributed by atoms with Crippen molar-refractivity contribution in [3.63, 3.8) is 0 Å². The number of primary sulfonamides is 1. The van der Waals surface area contributed by atoms with E-state index in [2.05, 4.69) is 6.07 Å². The number of aryl methyl sites for hydroxylation is 2. The molecule has 1 atom stereocenters. The topological polar surface area (TPSA) is 69.4 Å². The third-order valence-corrected chi connectivity index (χ3v) is 3.66. The molecular formula is C13H21NO3S. The lowest BCUT2D eigenvalue weighted by Gasteiger charge is -2.15. The van der Waals surface area contributed by atoms with Gasteiger partial charge in [-0.3, -0.25) is 0 Å². The highest BCUT2D eigenvalue weighted by Crippen LogP contribution is 2.17. The molecule has 0 bridgehead atoms. The molecule has 1 aromatic carbocycles. The molecule has 0 aliphatic heterocycles. The first-order chi connectivity index (χ1) is 8.30. The van der Waals surface area contributed by atoms with Crippen LogP contribution in [0, 0.1) is 19.8 Å². The molecule has 1 aromatic rings. The van der Waals surface area contributed by atoms with Gasteiger partial charge in [-0.05, 0) is 43.5 Å². The lowest BCUT2D eigenvalue weighted by molar-refractivity contribution is 0.257. The molecule has 0 fully saturated rings. The van der Waals surface area contributed by atoms with Gasteiger partial charge in [0, 0.05) is 5.92 Å². The van der Waals surface area contributed by atoms with E-state index in [1.54, 1.807) is 0 Å². The standard InChI is InChI=1S/C13H21NO3S/c1-4-12(9-18(14,15)16)8-17-13-6-10(2)5-11(3)7-13/h5-7,12H,4,8-9H2,1-3H3,(H2,14,15,16). The number of sulfonamides is 1. The summed E-state index contributed by atoms with van der Waals surface area (Å²) in [6, 6.07) is 5.95. The average molecular weight is 271 g/mol. The SMILES string of the molecule is CCC(COc1cc(C)cc(C)c1)CS(N)(=O)=O. The molecule has 0 amide bonds. The molecule has 0 saturated carbocycles. The highest BCUT2D eigenvalue weighted by molar-refractivity contribution is 7.89. The summed E-state index contributed by atoms with van der Waals surface area (Å²) < 4.78 is 27.7. The fraction of sp³-hybridized carbons (Fsp3) is 0.538. The Labute approximate surface area is 109 Å². The Balaban J connectivity index is 2.62. The quantitative estimate of drug-likeness (QED) is 0.860. The number of benzene rings is 1. The Kier molecular flexibility index (Phi) is 5.16. The monoisotopic (exact) mass is 271 g/mol. The maximum absolute atomic E-state index is 11.0. The van der Waals surface area contributed by atoms with E-state index in [0.717, 1.165) is 23.3 Å². The van der Waals surface area contributed by atoms with E-state index >= 15 is 0 Å². The first-order valence-electron chi connectivity index (χ1n) is 6.01. The fourth-order valence-electron chi connectivity index (χ4n) is 1.84. The molecule has 18 heavy (non-hydrogen) atoms. The lowest BCUT2D eigenvalue weighted by atomic mass is 10.1. The van der Waals surface area contributed by atoms with Gasteiger partial charge in [0.1, 0.15) is 5.75 Å². The van der Waals surface area contributed by atoms with E-state index in [9.17, 15) is 8.42 Å². The maximum atomic E-state index is 11.0. The van der Waals surface area contributed by atoms with E-state index in [4.69, 9.17) is 9.88 Å². The second-order valence-corrected chi connectivity index (χ2v) is 6.40. The van der Waals surface area contributed by atoms with Gasteiger partial charge in [0.25, 0.3) is 0 Å². The average Bonchev–Trinajstić information content (AvgIpc) is 2.21. The lowest BCUT2D eigenvalue weighted by Crippen LogP contribution is -2.26. The molecule has 1 rings (SSSR count). The molecule has 0 aliphatic rings. The zero-order valence-corrected chi connectivity index (χ0v) is 12.0. The smallest absolute Gasteiger partial charge is 0.209 e. The molecule has 1 unspecified atom stereocenters. The van der Waals surface area contributed by atoms with Crippen LogP contribution in [0.3, 0.4) is 0 Å². The van der Waals surface area contributed by atoms with E-state index in [1.165, 1.54) is 0 Å². The van der Waals surface area contributed by atoms with Crippen molar-refractivity contribution >= 4 is 10.0 Å². The Morgan fingerprint density at radius 2 is 1.78 bits per heavy atom. The first-order valence-corrected chi connectivity index (χ1v) is 7.73. The molecule has 102 valence electrons. The van der Waals surface area contributed by atoms with Crippen molar-refractivity contribution in [3.8, 4) is 5.75 Å². The van der Waals surface area contributed by atoms with E-state index in [0.29, 0.717) is 6.61 Å². The molecule has 2 N–H and O–H groups in total. The minimum absolute atomic E-state index is 0.0334. The first kappa shape index (κ1) is 15.0. The molecule has 5 heteroatoms. The van der Waals surface area contributed by atoms with Crippen molar-refractivity contribution in [2.45, 2.75) is 27.2 Å². The summed E-state index contributed by atoms with van der Waals surface area (Å²) in [7, 11) is -3.44. The Morgan fingerprint density at radius 1 is 1.22 bits per heavy atom. The van der Waals surface area contributed by atoms with E-state index < -0.39 is 10.0 Å². The van der Waals surface area contributed by atoms with Crippen molar-refractivity contribution in [2.24, 2.45) is 11.1 Å². The molecule has 4 nitrogen and oxygen atoms in total. The van der Waals surface area contributed by atoms with Crippen LogP contribution in [0.25, 0.3) is 0 Å². The minimum Gasteiger partial charge on any atom is -0.493 e. The zero-order chi connectivity index (χ0) is 13.8. The molecule has 0 aliphatic carbocycles. The van der Waals surface area contributed by atoms with Crippen molar-refractivity contribution in [2.75, 3.05) is 12.4 Å². The van der Waals surface area contributed by atoms with Crippen molar-refractivity contribution in [1.82, 2.24) is 0 Å². The van der Waals surface area contributed by atoms with Crippen LogP contribution < -0.4 is 9.88 Å². The normalized spacial score (nSPS) is 13.3. The Morgan fingerprint density at radius 3 is 2.22 bits per heavy atom. The molecule has 0 aromatic heterocycles. The summed E-state index contributed by atoms with van der Waals surface area (Å²) in [6.07, 6.45) is 0.723. The van der Waals surface area contributed by atoms with Crippen LogP contribution >= 0.6 is 0 Å². The van der Waals surface area contributed by atoms with Gasteiger partial charge < -0.3 is 4.74 Å². The number of ether oxygens (including phenoxy) is 1. The van der Waals surface area contributed by atoms with Crippen LogP contribution in [0.2, 0.25) is 0 Å². The van der Waals surface area contributed by atoms with Gasteiger partial charge in [-0.1, -0.05) is 13.0 Å². The van der Waals surface area contributed by atoms with E-state index in [-0.39, 0.29) is 11.7 Å². The van der Waals surface area contributed by atoms with Crippen LogP contribution in [0.5, 0.6) is 5.75 Å². The van der Waals surface area contributed by atoms with Gasteiger partial charge >= 0.3 is 0 Å². The highest BCUT2D eigenvalue weighted by Gasteiger charge is 2.15. The predicted molar refractivity (Wildman–Crippen MR) is 73.2 cm³/mol. The summed E-state index contributed by atoms with van der Waals surface area (Å²) in [4.78, 5) is 0. The van der Waals surface area contributed by atoms with Crippen LogP contribution in [0.1, 0.15) is 24.5 Å². The van der Waals surface area contributed by atoms with Gasteiger partial charge in [0.05, 0.1) is 12.4 Å².